The monoisotopic (exact) mass is 253 g/mol. The molecule has 1 heterocycles. The molecule has 1 aliphatic rings. The fourth-order valence-corrected chi connectivity index (χ4v) is 3.64. The van der Waals surface area contributed by atoms with Gasteiger partial charge in [0.05, 0.1) is 5.69 Å². The van der Waals surface area contributed by atoms with E-state index in [1.54, 1.807) is 11.3 Å². The van der Waals surface area contributed by atoms with Gasteiger partial charge in [0, 0.05) is 24.5 Å². The minimum atomic E-state index is 0.624. The van der Waals surface area contributed by atoms with Crippen molar-refractivity contribution in [3.05, 3.63) is 10.6 Å². The number of aryl methyl sites for hydroxylation is 1. The first kappa shape index (κ1) is 12.8. The molecule has 0 aromatic carbocycles. The van der Waals surface area contributed by atoms with Crippen LogP contribution in [-0.2, 0) is 13.0 Å². The maximum atomic E-state index is 5.77. The molecule has 0 bridgehead atoms. The Hall–Kier alpha value is -0.610. The third-order valence-corrected chi connectivity index (χ3v) is 4.92. The summed E-state index contributed by atoms with van der Waals surface area (Å²) >= 11 is 1.78. The third kappa shape index (κ3) is 2.80. The summed E-state index contributed by atoms with van der Waals surface area (Å²) in [5.74, 6) is 0. The summed E-state index contributed by atoms with van der Waals surface area (Å²) in [4.78, 5) is 8.37. The second-order valence-corrected chi connectivity index (χ2v) is 5.89. The van der Waals surface area contributed by atoms with Crippen LogP contribution < -0.4 is 10.6 Å². The zero-order valence-electron chi connectivity index (χ0n) is 10.9. The standard InChI is InChI=1S/C13H23N3S/c1-3-11-12(9-14)17-13(15-11)16(2)10-7-5-4-6-8-10/h10H,3-9,14H2,1-2H3. The van der Waals surface area contributed by atoms with Crippen molar-refractivity contribution in [1.29, 1.82) is 0 Å². The van der Waals surface area contributed by atoms with Crippen molar-refractivity contribution in [3.8, 4) is 0 Å². The SMILES string of the molecule is CCc1nc(N(C)C2CCCCC2)sc1CN. The number of aromatic nitrogens is 1. The Balaban J connectivity index is 2.12. The first-order chi connectivity index (χ1) is 8.26. The van der Waals surface area contributed by atoms with Crippen molar-refractivity contribution in [3.63, 3.8) is 0 Å². The van der Waals surface area contributed by atoms with Crippen molar-refractivity contribution in [2.24, 2.45) is 5.73 Å². The van der Waals surface area contributed by atoms with Gasteiger partial charge in [0.1, 0.15) is 0 Å². The quantitative estimate of drug-likeness (QED) is 0.897. The number of hydrogen-bond donors (Lipinski definition) is 1. The molecule has 0 spiro atoms. The predicted octanol–water partition coefficient (Wildman–Crippen LogP) is 2.93. The van der Waals surface area contributed by atoms with Crippen LogP contribution in [0.15, 0.2) is 0 Å². The summed E-state index contributed by atoms with van der Waals surface area (Å²) in [6.07, 6.45) is 7.75. The molecular formula is C13H23N3S. The lowest BCUT2D eigenvalue weighted by Crippen LogP contribution is -2.33. The fourth-order valence-electron chi connectivity index (χ4n) is 2.58. The van der Waals surface area contributed by atoms with E-state index in [0.29, 0.717) is 12.6 Å². The van der Waals surface area contributed by atoms with Gasteiger partial charge >= 0.3 is 0 Å². The van der Waals surface area contributed by atoms with Crippen molar-refractivity contribution in [2.45, 2.75) is 58.0 Å². The maximum Gasteiger partial charge on any atom is 0.185 e. The Morgan fingerprint density at radius 1 is 1.35 bits per heavy atom. The van der Waals surface area contributed by atoms with Gasteiger partial charge in [-0.1, -0.05) is 26.2 Å². The minimum Gasteiger partial charge on any atom is -0.348 e. The van der Waals surface area contributed by atoms with E-state index in [-0.39, 0.29) is 0 Å². The first-order valence-corrected chi connectivity index (χ1v) is 7.49. The highest BCUT2D eigenvalue weighted by atomic mass is 32.1. The Kier molecular flexibility index (Phi) is 4.40. The third-order valence-electron chi connectivity index (χ3n) is 3.71. The second kappa shape index (κ2) is 5.83. The molecule has 1 fully saturated rings. The molecule has 3 nitrogen and oxygen atoms in total. The summed E-state index contributed by atoms with van der Waals surface area (Å²) in [5, 5.41) is 1.16. The molecule has 17 heavy (non-hydrogen) atoms. The zero-order chi connectivity index (χ0) is 12.3. The molecule has 1 aromatic rings. The van der Waals surface area contributed by atoms with Crippen molar-refractivity contribution >= 4 is 16.5 Å². The minimum absolute atomic E-state index is 0.624. The van der Waals surface area contributed by atoms with Gasteiger partial charge in [0.15, 0.2) is 5.13 Å². The molecule has 2 N–H and O–H groups in total. The number of thiazole rings is 1. The highest BCUT2D eigenvalue weighted by Crippen LogP contribution is 2.31. The van der Waals surface area contributed by atoms with E-state index in [2.05, 4.69) is 18.9 Å². The van der Waals surface area contributed by atoms with Crippen LogP contribution in [0.5, 0.6) is 0 Å². The van der Waals surface area contributed by atoms with E-state index in [0.717, 1.165) is 11.6 Å². The lowest BCUT2D eigenvalue weighted by atomic mass is 9.95. The number of rotatable bonds is 4. The highest BCUT2D eigenvalue weighted by Gasteiger charge is 2.21. The van der Waals surface area contributed by atoms with Crippen LogP contribution in [0.3, 0.4) is 0 Å². The van der Waals surface area contributed by atoms with Gasteiger partial charge in [-0.25, -0.2) is 4.98 Å². The average molecular weight is 253 g/mol. The van der Waals surface area contributed by atoms with Crippen LogP contribution in [0, 0.1) is 0 Å². The molecule has 0 saturated heterocycles. The molecule has 1 saturated carbocycles. The summed E-state index contributed by atoms with van der Waals surface area (Å²) in [7, 11) is 2.19. The van der Waals surface area contributed by atoms with Crippen LogP contribution in [0.25, 0.3) is 0 Å². The van der Waals surface area contributed by atoms with Gasteiger partial charge in [0.2, 0.25) is 0 Å². The molecule has 2 rings (SSSR count). The van der Waals surface area contributed by atoms with Crippen LogP contribution in [0.1, 0.15) is 49.6 Å². The van der Waals surface area contributed by atoms with Crippen LogP contribution in [-0.4, -0.2) is 18.1 Å². The normalized spacial score (nSPS) is 17.4. The molecule has 0 unspecified atom stereocenters. The number of anilines is 1. The van der Waals surface area contributed by atoms with Crippen molar-refractivity contribution in [1.82, 2.24) is 4.98 Å². The molecule has 0 aliphatic heterocycles. The Morgan fingerprint density at radius 2 is 2.06 bits per heavy atom. The van der Waals surface area contributed by atoms with Crippen molar-refractivity contribution in [2.75, 3.05) is 11.9 Å². The van der Waals surface area contributed by atoms with E-state index in [9.17, 15) is 0 Å². The molecular weight excluding hydrogens is 230 g/mol. The number of nitrogens with zero attached hydrogens (tertiary/aromatic N) is 2. The van der Waals surface area contributed by atoms with Gasteiger partial charge < -0.3 is 10.6 Å². The van der Waals surface area contributed by atoms with Gasteiger partial charge in [-0.2, -0.15) is 0 Å². The van der Waals surface area contributed by atoms with E-state index in [4.69, 9.17) is 10.7 Å². The van der Waals surface area contributed by atoms with E-state index in [1.165, 1.54) is 42.7 Å². The molecule has 1 aliphatic carbocycles. The maximum absolute atomic E-state index is 5.77. The fraction of sp³-hybridized carbons (Fsp3) is 0.769. The number of nitrogens with two attached hydrogens (primary N) is 1. The Bertz CT molecular complexity index is 334. The van der Waals surface area contributed by atoms with Crippen LogP contribution in [0.2, 0.25) is 0 Å². The van der Waals surface area contributed by atoms with Gasteiger partial charge in [0.25, 0.3) is 0 Å². The topological polar surface area (TPSA) is 42.2 Å². The Labute approximate surface area is 108 Å². The number of hydrogen-bond acceptors (Lipinski definition) is 4. The largest absolute Gasteiger partial charge is 0.348 e. The van der Waals surface area contributed by atoms with E-state index >= 15 is 0 Å². The van der Waals surface area contributed by atoms with Crippen molar-refractivity contribution < 1.29 is 0 Å². The molecule has 96 valence electrons. The molecule has 0 amide bonds. The predicted molar refractivity (Wildman–Crippen MR) is 74.7 cm³/mol. The van der Waals surface area contributed by atoms with Gasteiger partial charge in [-0.3, -0.25) is 0 Å². The van der Waals surface area contributed by atoms with Crippen LogP contribution in [0.4, 0.5) is 5.13 Å². The van der Waals surface area contributed by atoms with E-state index in [1.807, 2.05) is 0 Å². The summed E-state index contributed by atoms with van der Waals surface area (Å²) < 4.78 is 0. The second-order valence-electron chi connectivity index (χ2n) is 4.83. The lowest BCUT2D eigenvalue weighted by Gasteiger charge is -2.30. The molecule has 0 radical (unpaired) electrons. The smallest absolute Gasteiger partial charge is 0.185 e. The van der Waals surface area contributed by atoms with Gasteiger partial charge in [-0.15, -0.1) is 11.3 Å². The lowest BCUT2D eigenvalue weighted by molar-refractivity contribution is 0.427. The van der Waals surface area contributed by atoms with E-state index < -0.39 is 0 Å². The average Bonchev–Trinajstić information content (AvgIpc) is 2.82. The molecule has 0 atom stereocenters. The molecule has 1 aromatic heterocycles. The highest BCUT2D eigenvalue weighted by molar-refractivity contribution is 7.15. The summed E-state index contributed by atoms with van der Waals surface area (Å²) in [6.45, 7) is 2.78. The first-order valence-electron chi connectivity index (χ1n) is 6.67. The summed E-state index contributed by atoms with van der Waals surface area (Å²) in [6, 6.07) is 0.685. The molecule has 4 heteroatoms. The van der Waals surface area contributed by atoms with Gasteiger partial charge in [-0.05, 0) is 19.3 Å². The van der Waals surface area contributed by atoms with Crippen LogP contribution >= 0.6 is 11.3 Å². The zero-order valence-corrected chi connectivity index (χ0v) is 11.7. The Morgan fingerprint density at radius 3 is 2.59 bits per heavy atom. The summed E-state index contributed by atoms with van der Waals surface area (Å²) in [5.41, 5.74) is 6.96.